The number of benzene rings is 2. The minimum atomic E-state index is -0.581. The van der Waals surface area contributed by atoms with Crippen molar-refractivity contribution in [3.05, 3.63) is 97.8 Å². The molecule has 0 fully saturated rings. The molecule has 0 radical (unpaired) electrons. The summed E-state index contributed by atoms with van der Waals surface area (Å²) in [5.41, 5.74) is 3.36. The van der Waals surface area contributed by atoms with Crippen molar-refractivity contribution in [2.24, 2.45) is 5.10 Å². The molecular weight excluding hydrogens is 429 g/mol. The zero-order chi connectivity index (χ0) is 20.6. The van der Waals surface area contributed by atoms with Crippen molar-refractivity contribution in [2.75, 3.05) is 0 Å². The normalized spacial score (nSPS) is 11.4. The molecule has 0 unspecified atom stereocenters. The van der Waals surface area contributed by atoms with Gasteiger partial charge in [-0.2, -0.15) is 5.10 Å². The molecule has 5 nitrogen and oxygen atoms in total. The lowest BCUT2D eigenvalue weighted by molar-refractivity contribution is -0.117. The minimum absolute atomic E-state index is 0.0590. The molecule has 0 saturated heterocycles. The highest BCUT2D eigenvalue weighted by atomic mass is 35.5. The third-order valence-electron chi connectivity index (χ3n) is 3.72. The Bertz CT molecular complexity index is 1040. The van der Waals surface area contributed by atoms with Crippen molar-refractivity contribution in [2.45, 2.75) is 0 Å². The van der Waals surface area contributed by atoms with Crippen LogP contribution in [0.5, 0.6) is 0 Å². The van der Waals surface area contributed by atoms with E-state index in [1.165, 1.54) is 17.6 Å². The van der Waals surface area contributed by atoms with Crippen LogP contribution >= 0.6 is 34.5 Å². The van der Waals surface area contributed by atoms with Crippen LogP contribution in [-0.2, 0) is 4.79 Å². The van der Waals surface area contributed by atoms with Gasteiger partial charge in [-0.3, -0.25) is 9.59 Å². The van der Waals surface area contributed by atoms with E-state index < -0.39 is 11.8 Å². The average Bonchev–Trinajstić information content (AvgIpc) is 3.23. The van der Waals surface area contributed by atoms with Gasteiger partial charge in [-0.25, -0.2) is 5.43 Å². The second kappa shape index (κ2) is 10.0. The highest BCUT2D eigenvalue weighted by molar-refractivity contribution is 7.10. The highest BCUT2D eigenvalue weighted by Gasteiger charge is 2.14. The Morgan fingerprint density at radius 2 is 1.66 bits per heavy atom. The summed E-state index contributed by atoms with van der Waals surface area (Å²) in [6.45, 7) is 0. The van der Waals surface area contributed by atoms with Crippen LogP contribution in [0.3, 0.4) is 0 Å². The summed E-state index contributed by atoms with van der Waals surface area (Å²) < 4.78 is 0. The smallest absolute Gasteiger partial charge is 0.287 e. The summed E-state index contributed by atoms with van der Waals surface area (Å²) >= 11 is 13.6. The van der Waals surface area contributed by atoms with Crippen molar-refractivity contribution in [3.8, 4) is 0 Å². The third-order valence-corrected chi connectivity index (χ3v) is 5.20. The fourth-order valence-corrected chi connectivity index (χ4v) is 3.46. The Morgan fingerprint density at radius 3 is 2.31 bits per heavy atom. The van der Waals surface area contributed by atoms with Gasteiger partial charge in [0.2, 0.25) is 0 Å². The van der Waals surface area contributed by atoms with Crippen molar-refractivity contribution >= 4 is 58.6 Å². The van der Waals surface area contributed by atoms with Gasteiger partial charge >= 0.3 is 0 Å². The quantitative estimate of drug-likeness (QED) is 0.320. The SMILES string of the molecule is O=C(NN=Cc1c(Cl)cccc1Cl)/C(=C\c1cccs1)NC(=O)c1ccccc1. The number of hydrogen-bond acceptors (Lipinski definition) is 4. The van der Waals surface area contributed by atoms with Crippen molar-refractivity contribution < 1.29 is 9.59 Å². The first-order valence-corrected chi connectivity index (χ1v) is 10.1. The summed E-state index contributed by atoms with van der Waals surface area (Å²) in [5.74, 6) is -0.983. The number of hydrazone groups is 1. The number of hydrogen-bond donors (Lipinski definition) is 2. The highest BCUT2D eigenvalue weighted by Crippen LogP contribution is 2.22. The lowest BCUT2D eigenvalue weighted by atomic mass is 10.2. The molecule has 8 heteroatoms. The summed E-state index contributed by atoms with van der Waals surface area (Å²) in [7, 11) is 0. The molecule has 2 aromatic carbocycles. The lowest BCUT2D eigenvalue weighted by Crippen LogP contribution is -2.32. The molecule has 0 aliphatic rings. The molecule has 0 aliphatic heterocycles. The van der Waals surface area contributed by atoms with Crippen LogP contribution in [0, 0.1) is 0 Å². The standard InChI is InChI=1S/C21H15Cl2N3O2S/c22-17-9-4-10-18(23)16(17)13-24-26-21(28)19(12-15-8-5-11-29-15)25-20(27)14-6-2-1-3-7-14/h1-13H,(H,25,27)(H,26,28)/b19-12+,24-13?. The van der Waals surface area contributed by atoms with Crippen LogP contribution in [0.15, 0.2) is 76.8 Å². The molecule has 0 atom stereocenters. The van der Waals surface area contributed by atoms with Gasteiger partial charge in [-0.15, -0.1) is 11.3 Å². The van der Waals surface area contributed by atoms with Crippen LogP contribution in [0.1, 0.15) is 20.8 Å². The van der Waals surface area contributed by atoms with E-state index in [0.717, 1.165) is 4.88 Å². The van der Waals surface area contributed by atoms with E-state index in [1.54, 1.807) is 54.6 Å². The molecule has 3 aromatic rings. The predicted molar refractivity (Wildman–Crippen MR) is 118 cm³/mol. The first-order chi connectivity index (χ1) is 14.0. The molecule has 0 saturated carbocycles. The summed E-state index contributed by atoms with van der Waals surface area (Å²) in [6.07, 6.45) is 2.93. The molecule has 29 heavy (non-hydrogen) atoms. The van der Waals surface area contributed by atoms with E-state index >= 15 is 0 Å². The van der Waals surface area contributed by atoms with Crippen LogP contribution in [0.25, 0.3) is 6.08 Å². The van der Waals surface area contributed by atoms with Gasteiger partial charge in [-0.1, -0.05) is 53.5 Å². The van der Waals surface area contributed by atoms with E-state index in [0.29, 0.717) is 21.2 Å². The van der Waals surface area contributed by atoms with Crippen LogP contribution in [0.2, 0.25) is 10.0 Å². The molecule has 1 aromatic heterocycles. The number of amides is 2. The summed E-state index contributed by atoms with van der Waals surface area (Å²) in [4.78, 5) is 25.9. The molecular formula is C21H15Cl2N3O2S. The zero-order valence-corrected chi connectivity index (χ0v) is 17.3. The first kappa shape index (κ1) is 20.8. The van der Waals surface area contributed by atoms with E-state index in [2.05, 4.69) is 15.8 Å². The molecule has 0 aliphatic carbocycles. The monoisotopic (exact) mass is 443 g/mol. The predicted octanol–water partition coefficient (Wildman–Crippen LogP) is 4.98. The summed E-state index contributed by atoms with van der Waals surface area (Å²) in [5, 5.41) is 9.23. The van der Waals surface area contributed by atoms with E-state index in [-0.39, 0.29) is 5.70 Å². The van der Waals surface area contributed by atoms with Crippen molar-refractivity contribution in [1.29, 1.82) is 0 Å². The van der Waals surface area contributed by atoms with Gasteiger partial charge in [0, 0.05) is 16.0 Å². The number of rotatable bonds is 6. The number of thiophene rings is 1. The molecule has 2 N–H and O–H groups in total. The van der Waals surface area contributed by atoms with Crippen LogP contribution in [-0.4, -0.2) is 18.0 Å². The second-order valence-corrected chi connectivity index (χ2v) is 7.52. The first-order valence-electron chi connectivity index (χ1n) is 8.43. The van der Waals surface area contributed by atoms with E-state index in [9.17, 15) is 9.59 Å². The Labute approximate surface area is 181 Å². The fourth-order valence-electron chi connectivity index (χ4n) is 2.31. The Hall–Kier alpha value is -2.93. The largest absolute Gasteiger partial charge is 0.317 e. The topological polar surface area (TPSA) is 70.6 Å². The molecule has 3 rings (SSSR count). The summed E-state index contributed by atoms with van der Waals surface area (Å²) in [6, 6.07) is 17.3. The molecule has 0 bridgehead atoms. The maximum absolute atomic E-state index is 12.6. The van der Waals surface area contributed by atoms with Gasteiger partial charge < -0.3 is 5.32 Å². The molecule has 1 heterocycles. The number of halogens is 2. The zero-order valence-electron chi connectivity index (χ0n) is 14.9. The van der Waals surface area contributed by atoms with Crippen molar-refractivity contribution in [3.63, 3.8) is 0 Å². The lowest BCUT2D eigenvalue weighted by Gasteiger charge is -2.09. The third kappa shape index (κ3) is 5.77. The van der Waals surface area contributed by atoms with Gasteiger partial charge in [0.1, 0.15) is 5.70 Å². The number of carbonyl (C=O) groups is 2. The minimum Gasteiger partial charge on any atom is -0.317 e. The average molecular weight is 444 g/mol. The maximum atomic E-state index is 12.6. The van der Waals surface area contributed by atoms with Crippen molar-refractivity contribution in [1.82, 2.24) is 10.7 Å². The number of carbonyl (C=O) groups excluding carboxylic acids is 2. The van der Waals surface area contributed by atoms with Gasteiger partial charge in [-0.05, 0) is 41.8 Å². The van der Waals surface area contributed by atoms with Crippen LogP contribution < -0.4 is 10.7 Å². The van der Waals surface area contributed by atoms with E-state index in [1.807, 2.05) is 17.5 Å². The molecule has 2 amide bonds. The molecule has 0 spiro atoms. The molecule has 146 valence electrons. The number of nitrogens with zero attached hydrogens (tertiary/aromatic N) is 1. The van der Waals surface area contributed by atoms with Gasteiger partial charge in [0.25, 0.3) is 11.8 Å². The van der Waals surface area contributed by atoms with Gasteiger partial charge in [0.15, 0.2) is 0 Å². The van der Waals surface area contributed by atoms with Gasteiger partial charge in [0.05, 0.1) is 16.3 Å². The number of nitrogens with one attached hydrogen (secondary N) is 2. The Balaban J connectivity index is 1.78. The second-order valence-electron chi connectivity index (χ2n) is 5.73. The Morgan fingerprint density at radius 1 is 0.931 bits per heavy atom. The van der Waals surface area contributed by atoms with E-state index in [4.69, 9.17) is 23.2 Å². The maximum Gasteiger partial charge on any atom is 0.287 e. The van der Waals surface area contributed by atoms with Crippen LogP contribution in [0.4, 0.5) is 0 Å². The fraction of sp³-hybridized carbons (Fsp3) is 0. The Kier molecular flexibility index (Phi) is 7.19.